The van der Waals surface area contributed by atoms with Crippen molar-refractivity contribution in [2.75, 3.05) is 39.6 Å². The van der Waals surface area contributed by atoms with Crippen molar-refractivity contribution in [1.29, 1.82) is 0 Å². The van der Waals surface area contributed by atoms with Crippen LogP contribution in [0.2, 0.25) is 0 Å². The third-order valence-corrected chi connectivity index (χ3v) is 15.0. The average molecular weight is 1130 g/mol. The topological polar surface area (TPSA) is 237 Å². The lowest BCUT2D eigenvalue weighted by molar-refractivity contribution is -0.161. The third-order valence-electron chi connectivity index (χ3n) is 13.1. The van der Waals surface area contributed by atoms with Gasteiger partial charge in [0.1, 0.15) is 19.3 Å². The van der Waals surface area contributed by atoms with Crippen LogP contribution in [-0.4, -0.2) is 96.7 Å². The van der Waals surface area contributed by atoms with Gasteiger partial charge in [0.05, 0.1) is 26.4 Å². The highest BCUT2D eigenvalue weighted by Crippen LogP contribution is 2.45. The lowest BCUT2D eigenvalue weighted by Crippen LogP contribution is -2.30. The van der Waals surface area contributed by atoms with Gasteiger partial charge in [-0.15, -0.1) is 0 Å². The molecule has 0 rings (SSSR count). The van der Waals surface area contributed by atoms with E-state index in [9.17, 15) is 43.2 Å². The van der Waals surface area contributed by atoms with Crippen LogP contribution < -0.4 is 0 Å². The SMILES string of the molecule is CCCCCCCCCCCCCCCCC(=O)O[C@H](COC(=O)CCCCCCCCCCC)COP(=O)(O)OC[C@@H](O)COP(=O)(O)OC[C@@H](COC(=O)CCCCCCC)OC(=O)CCCCCCCCCC. The number of phosphoric acid groups is 2. The van der Waals surface area contributed by atoms with E-state index < -0.39 is 97.5 Å². The Kier molecular flexibility index (Phi) is 51.1. The van der Waals surface area contributed by atoms with Crippen LogP contribution in [0.3, 0.4) is 0 Å². The Morgan fingerprint density at radius 1 is 0.316 bits per heavy atom. The molecule has 0 fully saturated rings. The fraction of sp³-hybridized carbons (Fsp3) is 0.930. The summed E-state index contributed by atoms with van der Waals surface area (Å²) < 4.78 is 67.4. The summed E-state index contributed by atoms with van der Waals surface area (Å²) in [4.78, 5) is 71.5. The van der Waals surface area contributed by atoms with Gasteiger partial charge in [0.25, 0.3) is 0 Å². The van der Waals surface area contributed by atoms with Gasteiger partial charge in [-0.3, -0.25) is 37.3 Å². The van der Waals surface area contributed by atoms with Crippen LogP contribution in [0.15, 0.2) is 0 Å². The lowest BCUT2D eigenvalue weighted by Gasteiger charge is -2.21. The number of esters is 4. The molecule has 0 aromatic carbocycles. The van der Waals surface area contributed by atoms with Gasteiger partial charge in [0.2, 0.25) is 0 Å². The second-order valence-corrected chi connectivity index (χ2v) is 23.6. The van der Waals surface area contributed by atoms with E-state index in [1.54, 1.807) is 0 Å². The first-order valence-corrected chi connectivity index (χ1v) is 33.3. The molecule has 5 atom stereocenters. The first-order valence-electron chi connectivity index (χ1n) is 30.3. The van der Waals surface area contributed by atoms with E-state index in [1.807, 2.05) is 0 Å². The van der Waals surface area contributed by atoms with Crippen molar-refractivity contribution in [3.8, 4) is 0 Å². The normalized spacial score (nSPS) is 14.4. The molecule has 2 unspecified atom stereocenters. The van der Waals surface area contributed by atoms with Crippen molar-refractivity contribution in [3.63, 3.8) is 0 Å². The molecule has 76 heavy (non-hydrogen) atoms. The van der Waals surface area contributed by atoms with Gasteiger partial charge in [-0.05, 0) is 25.7 Å². The predicted octanol–water partition coefficient (Wildman–Crippen LogP) is 15.2. The van der Waals surface area contributed by atoms with E-state index in [2.05, 4.69) is 27.7 Å². The first kappa shape index (κ1) is 74.1. The zero-order valence-electron chi connectivity index (χ0n) is 48.2. The van der Waals surface area contributed by atoms with Gasteiger partial charge in [-0.2, -0.15) is 0 Å². The minimum absolute atomic E-state index is 0.104. The number of carbonyl (C=O) groups is 4. The molecular weight excluding hydrogens is 1020 g/mol. The lowest BCUT2D eigenvalue weighted by atomic mass is 10.0. The van der Waals surface area contributed by atoms with Crippen LogP contribution in [0, 0.1) is 0 Å². The Bertz CT molecular complexity index is 1490. The maximum Gasteiger partial charge on any atom is 0.472 e. The molecule has 0 bridgehead atoms. The van der Waals surface area contributed by atoms with Crippen molar-refractivity contribution in [1.82, 2.24) is 0 Å². The Morgan fingerprint density at radius 3 is 0.776 bits per heavy atom. The van der Waals surface area contributed by atoms with E-state index in [1.165, 1.54) is 103 Å². The van der Waals surface area contributed by atoms with Crippen LogP contribution in [0.5, 0.6) is 0 Å². The zero-order chi connectivity index (χ0) is 56.2. The molecule has 450 valence electrons. The van der Waals surface area contributed by atoms with Gasteiger partial charge in [0.15, 0.2) is 12.2 Å². The smallest absolute Gasteiger partial charge is 0.462 e. The van der Waals surface area contributed by atoms with Gasteiger partial charge in [0, 0.05) is 25.7 Å². The van der Waals surface area contributed by atoms with Gasteiger partial charge >= 0.3 is 39.5 Å². The van der Waals surface area contributed by atoms with Gasteiger partial charge < -0.3 is 33.8 Å². The maximum atomic E-state index is 12.9. The molecule has 0 aromatic heterocycles. The summed E-state index contributed by atoms with van der Waals surface area (Å²) in [5, 5.41) is 10.5. The van der Waals surface area contributed by atoms with Crippen LogP contribution in [0.1, 0.15) is 285 Å². The largest absolute Gasteiger partial charge is 0.472 e. The van der Waals surface area contributed by atoms with Gasteiger partial charge in [-0.25, -0.2) is 9.13 Å². The van der Waals surface area contributed by atoms with Crippen LogP contribution in [0.4, 0.5) is 0 Å². The van der Waals surface area contributed by atoms with E-state index in [4.69, 9.17) is 37.0 Å². The predicted molar refractivity (Wildman–Crippen MR) is 299 cm³/mol. The van der Waals surface area contributed by atoms with Crippen molar-refractivity contribution >= 4 is 39.5 Å². The Hall–Kier alpha value is -1.94. The van der Waals surface area contributed by atoms with E-state index in [0.717, 1.165) is 103 Å². The summed E-state index contributed by atoms with van der Waals surface area (Å²) in [6.45, 7) is 4.71. The molecular formula is C57H110O17P2. The van der Waals surface area contributed by atoms with E-state index >= 15 is 0 Å². The fourth-order valence-corrected chi connectivity index (χ4v) is 9.98. The number of rotatable bonds is 58. The van der Waals surface area contributed by atoms with Crippen molar-refractivity contribution in [2.24, 2.45) is 0 Å². The number of hydrogen-bond donors (Lipinski definition) is 3. The minimum atomic E-state index is -4.93. The molecule has 0 radical (unpaired) electrons. The first-order chi connectivity index (χ1) is 36.7. The minimum Gasteiger partial charge on any atom is -0.462 e. The Labute approximate surface area is 460 Å². The van der Waals surface area contributed by atoms with E-state index in [-0.39, 0.29) is 25.7 Å². The molecule has 3 N–H and O–H groups in total. The number of hydrogen-bond acceptors (Lipinski definition) is 15. The van der Waals surface area contributed by atoms with Gasteiger partial charge in [-0.1, -0.05) is 233 Å². The quantitative estimate of drug-likeness (QED) is 0.0222. The fourth-order valence-electron chi connectivity index (χ4n) is 8.40. The number of carbonyl (C=O) groups excluding carboxylic acids is 4. The van der Waals surface area contributed by atoms with Crippen molar-refractivity contribution < 1.29 is 80.2 Å². The molecule has 0 spiro atoms. The zero-order valence-corrected chi connectivity index (χ0v) is 50.0. The van der Waals surface area contributed by atoms with Crippen molar-refractivity contribution in [2.45, 2.75) is 303 Å². The monoisotopic (exact) mass is 1130 g/mol. The maximum absolute atomic E-state index is 12.9. The average Bonchev–Trinajstić information content (AvgIpc) is 3.39. The summed E-state index contributed by atoms with van der Waals surface area (Å²) in [6, 6.07) is 0. The molecule has 19 heteroatoms. The molecule has 0 saturated carbocycles. The summed E-state index contributed by atoms with van der Waals surface area (Å²) in [5.74, 6) is -2.16. The second-order valence-electron chi connectivity index (χ2n) is 20.7. The standard InChI is InChI=1S/C57H110O17P2/c1-5-9-13-17-20-23-24-25-26-27-29-32-36-40-44-57(62)74-53(48-68-55(60)42-38-34-31-28-21-18-14-10-6-2)50-72-76(65,66)70-46-51(58)45-69-75(63,64)71-49-52(47-67-54(59)41-37-33-16-12-8-4)73-56(61)43-39-35-30-22-19-15-11-7-3/h51-53,58H,5-50H2,1-4H3,(H,63,64)(H,65,66)/t51-,52+,53+/m0/s1. The number of aliphatic hydroxyl groups is 1. The highest BCUT2D eigenvalue weighted by atomic mass is 31.2. The highest BCUT2D eigenvalue weighted by molar-refractivity contribution is 7.47. The summed E-state index contributed by atoms with van der Waals surface area (Å²) in [6.07, 6.45) is 35.2. The molecule has 0 aliphatic heterocycles. The number of ether oxygens (including phenoxy) is 4. The molecule has 0 aromatic rings. The Balaban J connectivity index is 5.15. The molecule has 0 amide bonds. The number of unbranched alkanes of at least 4 members (excludes halogenated alkanes) is 32. The van der Waals surface area contributed by atoms with Crippen LogP contribution in [-0.2, 0) is 65.4 Å². The molecule has 17 nitrogen and oxygen atoms in total. The molecule has 0 aliphatic carbocycles. The number of phosphoric ester groups is 2. The molecule has 0 heterocycles. The summed E-state index contributed by atoms with van der Waals surface area (Å²) >= 11 is 0. The summed E-state index contributed by atoms with van der Waals surface area (Å²) in [7, 11) is -9.86. The van der Waals surface area contributed by atoms with Crippen LogP contribution in [0.25, 0.3) is 0 Å². The number of aliphatic hydroxyl groups excluding tert-OH is 1. The summed E-state index contributed by atoms with van der Waals surface area (Å²) in [5.41, 5.74) is 0. The van der Waals surface area contributed by atoms with E-state index in [0.29, 0.717) is 25.7 Å². The molecule has 0 saturated heterocycles. The third kappa shape index (κ3) is 51.5. The molecule has 0 aliphatic rings. The van der Waals surface area contributed by atoms with Crippen LogP contribution >= 0.6 is 15.6 Å². The highest BCUT2D eigenvalue weighted by Gasteiger charge is 2.30. The van der Waals surface area contributed by atoms with Crippen molar-refractivity contribution in [3.05, 3.63) is 0 Å². The Morgan fingerprint density at radius 2 is 0.526 bits per heavy atom. The second kappa shape index (κ2) is 52.4.